The lowest BCUT2D eigenvalue weighted by Gasteiger charge is -2.12. The van der Waals surface area contributed by atoms with Crippen LogP contribution in [0.5, 0.6) is 11.5 Å². The Bertz CT molecular complexity index is 665. The first-order valence-corrected chi connectivity index (χ1v) is 6.24. The monoisotopic (exact) mass is 303 g/mol. The molecule has 0 bridgehead atoms. The number of anilines is 2. The van der Waals surface area contributed by atoms with Crippen LogP contribution in [-0.4, -0.2) is 10.2 Å². The van der Waals surface area contributed by atoms with Crippen LogP contribution in [-0.2, 0) is 0 Å². The smallest absolute Gasteiger partial charge is 0.139 e. The van der Waals surface area contributed by atoms with Crippen molar-refractivity contribution in [1.29, 1.82) is 0 Å². The predicted molar refractivity (Wildman–Crippen MR) is 76.1 cm³/mol. The maximum Gasteiger partial charge on any atom is 0.139 e. The average Bonchev–Trinajstić information content (AvgIpc) is 2.54. The van der Waals surface area contributed by atoms with E-state index >= 15 is 0 Å². The third-order valence-corrected chi connectivity index (χ3v) is 3.59. The first-order valence-electron chi connectivity index (χ1n) is 5.45. The molecule has 3 nitrogen and oxygen atoms in total. The van der Waals surface area contributed by atoms with Crippen molar-refractivity contribution in [1.82, 2.24) is 0 Å². The number of nitrogens with one attached hydrogen (secondary N) is 1. The molecule has 0 spiro atoms. The number of halogens is 1. The average molecular weight is 304 g/mol. The zero-order valence-electron chi connectivity index (χ0n) is 9.31. The Labute approximate surface area is 113 Å². The van der Waals surface area contributed by atoms with Crippen LogP contribution >= 0.6 is 15.9 Å². The maximum absolute atomic E-state index is 9.92. The molecule has 1 heterocycles. The zero-order valence-corrected chi connectivity index (χ0v) is 10.9. The third kappa shape index (κ3) is 1.75. The molecule has 3 rings (SSSR count). The Morgan fingerprint density at radius 1 is 1.00 bits per heavy atom. The van der Waals surface area contributed by atoms with Gasteiger partial charge in [-0.2, -0.15) is 0 Å². The van der Waals surface area contributed by atoms with Gasteiger partial charge in [-0.3, -0.25) is 0 Å². The fourth-order valence-corrected chi connectivity index (χ4v) is 2.45. The minimum atomic E-state index is 0.193. The summed E-state index contributed by atoms with van der Waals surface area (Å²) in [7, 11) is 0. The number of phenolic OH excluding ortho intramolecular Hbond substituents is 2. The van der Waals surface area contributed by atoms with Crippen molar-refractivity contribution < 1.29 is 10.2 Å². The third-order valence-electron chi connectivity index (χ3n) is 2.89. The van der Waals surface area contributed by atoms with Gasteiger partial charge in [-0.25, -0.2) is 0 Å². The lowest BCUT2D eigenvalue weighted by Crippen LogP contribution is -1.94. The summed E-state index contributed by atoms with van der Waals surface area (Å²) in [6.45, 7) is 0. The van der Waals surface area contributed by atoms with Crippen LogP contribution in [0.3, 0.4) is 0 Å². The highest BCUT2D eigenvalue weighted by atomic mass is 79.9. The van der Waals surface area contributed by atoms with Crippen LogP contribution < -0.4 is 5.32 Å². The number of hydrogen-bond acceptors (Lipinski definition) is 3. The molecule has 0 radical (unpaired) electrons. The van der Waals surface area contributed by atoms with Crippen LogP contribution in [0, 0.1) is 0 Å². The fourth-order valence-electron chi connectivity index (χ4n) is 1.99. The molecule has 1 aliphatic heterocycles. The molecule has 2 aromatic rings. The molecular formula is C14H10BrNO2. The summed E-state index contributed by atoms with van der Waals surface area (Å²) in [6, 6.07) is 8.50. The summed E-state index contributed by atoms with van der Waals surface area (Å²) >= 11 is 3.46. The molecule has 0 aromatic heterocycles. The highest BCUT2D eigenvalue weighted by molar-refractivity contribution is 9.10. The van der Waals surface area contributed by atoms with E-state index in [-0.39, 0.29) is 11.5 Å². The molecule has 90 valence electrons. The summed E-state index contributed by atoms with van der Waals surface area (Å²) in [5.41, 5.74) is 3.25. The van der Waals surface area contributed by atoms with Crippen LogP contribution in [0.4, 0.5) is 11.4 Å². The second kappa shape index (κ2) is 4.07. The van der Waals surface area contributed by atoms with Gasteiger partial charge in [0.1, 0.15) is 11.5 Å². The summed E-state index contributed by atoms with van der Waals surface area (Å²) < 4.78 is 0.899. The van der Waals surface area contributed by atoms with E-state index in [1.807, 2.05) is 12.2 Å². The van der Waals surface area contributed by atoms with E-state index in [4.69, 9.17) is 0 Å². The first kappa shape index (κ1) is 11.2. The standard InChI is InChI=1S/C14H10BrNO2/c15-11-4-6-13(18)14-10(11)3-1-8-7-9(17)2-5-12(8)16-14/h1-7,16-18H. The molecule has 4 heteroatoms. The molecule has 0 unspecified atom stereocenters. The van der Waals surface area contributed by atoms with Gasteiger partial charge < -0.3 is 15.5 Å². The number of benzene rings is 2. The number of fused-ring (bicyclic) bond motifs is 2. The quantitative estimate of drug-likeness (QED) is 0.433. The number of rotatable bonds is 0. The van der Waals surface area contributed by atoms with Gasteiger partial charge in [0.05, 0.1) is 5.69 Å². The minimum Gasteiger partial charge on any atom is -0.508 e. The second-order valence-corrected chi connectivity index (χ2v) is 4.94. The second-order valence-electron chi connectivity index (χ2n) is 4.09. The summed E-state index contributed by atoms with van der Waals surface area (Å²) in [5.74, 6) is 0.410. The maximum atomic E-state index is 9.92. The highest BCUT2D eigenvalue weighted by Crippen LogP contribution is 2.40. The van der Waals surface area contributed by atoms with E-state index in [1.54, 1.807) is 30.3 Å². The van der Waals surface area contributed by atoms with Crippen molar-refractivity contribution in [2.75, 3.05) is 5.32 Å². The van der Waals surface area contributed by atoms with E-state index < -0.39 is 0 Å². The summed E-state index contributed by atoms with van der Waals surface area (Å²) in [4.78, 5) is 0. The lowest BCUT2D eigenvalue weighted by molar-refractivity contribution is 0.475. The van der Waals surface area contributed by atoms with Crippen molar-refractivity contribution in [2.45, 2.75) is 0 Å². The van der Waals surface area contributed by atoms with Gasteiger partial charge in [0, 0.05) is 21.3 Å². The highest BCUT2D eigenvalue weighted by Gasteiger charge is 2.14. The summed E-state index contributed by atoms with van der Waals surface area (Å²) in [5, 5.41) is 22.6. The van der Waals surface area contributed by atoms with Crippen molar-refractivity contribution in [3.8, 4) is 11.5 Å². The van der Waals surface area contributed by atoms with E-state index in [0.29, 0.717) is 5.69 Å². The largest absolute Gasteiger partial charge is 0.508 e. The Morgan fingerprint density at radius 2 is 1.83 bits per heavy atom. The molecular weight excluding hydrogens is 294 g/mol. The Hall–Kier alpha value is -1.94. The van der Waals surface area contributed by atoms with E-state index in [9.17, 15) is 10.2 Å². The first-order chi connectivity index (χ1) is 8.65. The van der Waals surface area contributed by atoms with Crippen LogP contribution in [0.2, 0.25) is 0 Å². The Kier molecular flexibility index (Phi) is 2.52. The molecule has 3 N–H and O–H groups in total. The van der Waals surface area contributed by atoms with Gasteiger partial charge in [0.15, 0.2) is 0 Å². The Morgan fingerprint density at radius 3 is 2.67 bits per heavy atom. The number of hydrogen-bond donors (Lipinski definition) is 3. The Balaban J connectivity index is 2.23. The molecule has 0 saturated carbocycles. The molecule has 2 aromatic carbocycles. The van der Waals surface area contributed by atoms with Crippen molar-refractivity contribution in [2.24, 2.45) is 0 Å². The van der Waals surface area contributed by atoms with Crippen molar-refractivity contribution in [3.05, 3.63) is 45.9 Å². The topological polar surface area (TPSA) is 52.5 Å². The molecule has 0 aliphatic carbocycles. The summed E-state index contributed by atoms with van der Waals surface area (Å²) in [6.07, 6.45) is 3.80. The SMILES string of the molecule is Oc1ccc2c(c1)C=Cc1c(Br)ccc(O)c1N2. The van der Waals surface area contributed by atoms with Gasteiger partial charge in [0.2, 0.25) is 0 Å². The van der Waals surface area contributed by atoms with E-state index in [2.05, 4.69) is 21.2 Å². The number of phenols is 2. The van der Waals surface area contributed by atoms with E-state index in [0.717, 1.165) is 21.3 Å². The van der Waals surface area contributed by atoms with Crippen molar-refractivity contribution in [3.63, 3.8) is 0 Å². The normalized spacial score (nSPS) is 12.3. The van der Waals surface area contributed by atoms with Gasteiger partial charge in [0.25, 0.3) is 0 Å². The fraction of sp³-hybridized carbons (Fsp3) is 0. The molecule has 0 fully saturated rings. The molecule has 18 heavy (non-hydrogen) atoms. The van der Waals surface area contributed by atoms with Gasteiger partial charge in [-0.05, 0) is 30.3 Å². The van der Waals surface area contributed by atoms with Crippen LogP contribution in [0.1, 0.15) is 11.1 Å². The van der Waals surface area contributed by atoms with Crippen LogP contribution in [0.25, 0.3) is 12.2 Å². The number of aromatic hydroxyl groups is 2. The van der Waals surface area contributed by atoms with Crippen molar-refractivity contribution >= 4 is 39.5 Å². The lowest BCUT2D eigenvalue weighted by atomic mass is 10.1. The van der Waals surface area contributed by atoms with Gasteiger partial charge in [-0.1, -0.05) is 28.1 Å². The predicted octanol–water partition coefficient (Wildman–Crippen LogP) is 4.09. The zero-order chi connectivity index (χ0) is 12.7. The van der Waals surface area contributed by atoms with Crippen LogP contribution in [0.15, 0.2) is 34.8 Å². The molecule has 1 aliphatic rings. The molecule has 0 amide bonds. The van der Waals surface area contributed by atoms with Gasteiger partial charge in [-0.15, -0.1) is 0 Å². The van der Waals surface area contributed by atoms with Gasteiger partial charge >= 0.3 is 0 Å². The van der Waals surface area contributed by atoms with E-state index in [1.165, 1.54) is 0 Å². The molecule has 0 atom stereocenters. The minimum absolute atomic E-state index is 0.193. The molecule has 0 saturated heterocycles.